The first-order valence-electron chi connectivity index (χ1n) is 5.94. The zero-order chi connectivity index (χ0) is 13.2. The van der Waals surface area contributed by atoms with E-state index in [1.165, 1.54) is 11.1 Å². The van der Waals surface area contributed by atoms with Crippen molar-refractivity contribution in [2.45, 2.75) is 13.5 Å². The van der Waals surface area contributed by atoms with Crippen LogP contribution in [0.1, 0.15) is 11.1 Å². The summed E-state index contributed by atoms with van der Waals surface area (Å²) < 4.78 is 8.84. The molecule has 5 heteroatoms. The normalized spacial score (nSPS) is 12.1. The number of halogens is 1. The van der Waals surface area contributed by atoms with Crippen molar-refractivity contribution in [2.24, 2.45) is 7.92 Å². The summed E-state index contributed by atoms with van der Waals surface area (Å²) in [5.74, 6) is 0. The maximum atomic E-state index is 5.97. The van der Waals surface area contributed by atoms with Gasteiger partial charge in [0, 0.05) is 0 Å². The van der Waals surface area contributed by atoms with Gasteiger partial charge >= 0.3 is 122 Å². The van der Waals surface area contributed by atoms with Gasteiger partial charge in [0.1, 0.15) is 0 Å². The Hall–Kier alpha value is -1.35. The van der Waals surface area contributed by atoms with E-state index in [0.29, 0.717) is 0 Å². The minimum absolute atomic E-state index is 0.0102. The van der Waals surface area contributed by atoms with Crippen LogP contribution in [-0.2, 0) is 6.54 Å². The van der Waals surface area contributed by atoms with Crippen LogP contribution < -0.4 is 5.32 Å². The van der Waals surface area contributed by atoms with Crippen LogP contribution in [0.4, 0.5) is 17.1 Å². The Balaban J connectivity index is 1.80. The van der Waals surface area contributed by atoms with Gasteiger partial charge in [0.15, 0.2) is 0 Å². The third kappa shape index (κ3) is 2.66. The van der Waals surface area contributed by atoms with Crippen molar-refractivity contribution in [1.82, 2.24) is 0 Å². The molecule has 0 fully saturated rings. The molecule has 2 aromatic rings. The summed E-state index contributed by atoms with van der Waals surface area (Å²) >= 11 is 5.98. The van der Waals surface area contributed by atoms with Crippen LogP contribution in [0.5, 0.6) is 0 Å². The molecule has 0 aliphatic carbocycles. The van der Waals surface area contributed by atoms with Gasteiger partial charge in [-0.3, -0.25) is 0 Å². The molecule has 1 aliphatic heterocycles. The van der Waals surface area contributed by atoms with E-state index in [0.717, 1.165) is 28.6 Å². The average molecular weight is 337 g/mol. The maximum absolute atomic E-state index is 5.97. The van der Waals surface area contributed by atoms with Crippen LogP contribution >= 0.6 is 11.6 Å². The van der Waals surface area contributed by atoms with E-state index < -0.39 is 0 Å². The summed E-state index contributed by atoms with van der Waals surface area (Å²) in [6.45, 7) is 2.84. The van der Waals surface area contributed by atoms with Gasteiger partial charge in [-0.25, -0.2) is 0 Å². The molecule has 1 aliphatic rings. The molecule has 3 nitrogen and oxygen atoms in total. The molecule has 0 amide bonds. The SMILES string of the molecule is Cc1cc(Cl)ccc1CNc1cccc2c1N=[Se]=N2. The molecule has 0 aromatic heterocycles. The topological polar surface area (TPSA) is 36.8 Å². The molecule has 0 spiro atoms. The van der Waals surface area contributed by atoms with Gasteiger partial charge in [-0.2, -0.15) is 0 Å². The summed E-state index contributed by atoms with van der Waals surface area (Å²) in [7, 11) is 0. The van der Waals surface area contributed by atoms with Gasteiger partial charge in [-0.1, -0.05) is 0 Å². The molecule has 0 atom stereocenters. The van der Waals surface area contributed by atoms with E-state index in [9.17, 15) is 0 Å². The number of hydrogen-bond acceptors (Lipinski definition) is 3. The molecule has 3 rings (SSSR count). The predicted octanol–water partition coefficient (Wildman–Crippen LogP) is 4.61. The van der Waals surface area contributed by atoms with Gasteiger partial charge in [0.2, 0.25) is 0 Å². The van der Waals surface area contributed by atoms with Crippen LogP contribution in [-0.4, -0.2) is 14.6 Å². The Bertz CT molecular complexity index is 706. The van der Waals surface area contributed by atoms with Crippen molar-refractivity contribution in [3.63, 3.8) is 0 Å². The van der Waals surface area contributed by atoms with Gasteiger partial charge in [-0.05, 0) is 0 Å². The van der Waals surface area contributed by atoms with E-state index in [2.05, 4.69) is 26.2 Å². The second-order valence-corrected chi connectivity index (χ2v) is 5.91. The zero-order valence-corrected chi connectivity index (χ0v) is 12.8. The monoisotopic (exact) mass is 337 g/mol. The second kappa shape index (κ2) is 5.33. The Morgan fingerprint density at radius 1 is 1.21 bits per heavy atom. The van der Waals surface area contributed by atoms with Crippen molar-refractivity contribution >= 4 is 43.2 Å². The number of nitrogens with zero attached hydrogens (tertiary/aromatic N) is 2. The van der Waals surface area contributed by atoms with Crippen molar-refractivity contribution < 1.29 is 0 Å². The molecule has 96 valence electrons. The Labute approximate surface area is 122 Å². The van der Waals surface area contributed by atoms with Gasteiger partial charge in [0.25, 0.3) is 0 Å². The predicted molar refractivity (Wildman–Crippen MR) is 79.9 cm³/mol. The van der Waals surface area contributed by atoms with E-state index in [4.69, 9.17) is 11.6 Å². The summed E-state index contributed by atoms with van der Waals surface area (Å²) in [5.41, 5.74) is 5.47. The van der Waals surface area contributed by atoms with Gasteiger partial charge in [-0.15, -0.1) is 0 Å². The first-order valence-corrected chi connectivity index (χ1v) is 7.85. The summed E-state index contributed by atoms with van der Waals surface area (Å²) in [6, 6.07) is 12.0. The first kappa shape index (κ1) is 12.7. The number of hydrogen-bond donors (Lipinski definition) is 1. The first-order chi connectivity index (χ1) is 9.24. The van der Waals surface area contributed by atoms with E-state index >= 15 is 0 Å². The van der Waals surface area contributed by atoms with Gasteiger partial charge < -0.3 is 0 Å². The van der Waals surface area contributed by atoms with Crippen molar-refractivity contribution in [3.05, 3.63) is 52.5 Å². The van der Waals surface area contributed by atoms with Crippen LogP contribution in [0, 0.1) is 6.92 Å². The molecule has 2 aromatic carbocycles. The molecule has 0 saturated heterocycles. The van der Waals surface area contributed by atoms with Crippen molar-refractivity contribution in [3.8, 4) is 0 Å². The summed E-state index contributed by atoms with van der Waals surface area (Å²) in [5, 5.41) is 4.21. The second-order valence-electron chi connectivity index (χ2n) is 4.36. The Kier molecular flexibility index (Phi) is 3.56. The summed E-state index contributed by atoms with van der Waals surface area (Å²) in [6.07, 6.45) is 0. The van der Waals surface area contributed by atoms with Crippen LogP contribution in [0.2, 0.25) is 5.02 Å². The molecule has 0 unspecified atom stereocenters. The average Bonchev–Trinajstić information content (AvgIpc) is 2.86. The number of anilines is 1. The van der Waals surface area contributed by atoms with Crippen LogP contribution in [0.25, 0.3) is 0 Å². The van der Waals surface area contributed by atoms with Crippen molar-refractivity contribution in [1.29, 1.82) is 0 Å². The molecule has 1 heterocycles. The number of fused-ring (bicyclic) bond motifs is 1. The molecular formula is C14H12ClN3Se. The van der Waals surface area contributed by atoms with E-state index in [1.807, 2.05) is 30.3 Å². The Morgan fingerprint density at radius 3 is 2.95 bits per heavy atom. The number of nitrogens with one attached hydrogen (secondary N) is 1. The van der Waals surface area contributed by atoms with E-state index in [-0.39, 0.29) is 14.6 Å². The number of benzene rings is 2. The van der Waals surface area contributed by atoms with E-state index in [1.54, 1.807) is 0 Å². The summed E-state index contributed by atoms with van der Waals surface area (Å²) in [4.78, 5) is 0. The molecule has 19 heavy (non-hydrogen) atoms. The van der Waals surface area contributed by atoms with Gasteiger partial charge in [0.05, 0.1) is 0 Å². The third-order valence-electron chi connectivity index (χ3n) is 3.06. The zero-order valence-electron chi connectivity index (χ0n) is 10.4. The fraction of sp³-hybridized carbons (Fsp3) is 0.143. The molecule has 0 saturated carbocycles. The fourth-order valence-electron chi connectivity index (χ4n) is 2.00. The molecule has 0 radical (unpaired) electrons. The van der Waals surface area contributed by atoms with Crippen molar-refractivity contribution in [2.75, 3.05) is 5.32 Å². The molecular weight excluding hydrogens is 325 g/mol. The number of aryl methyl sites for hydroxylation is 1. The number of rotatable bonds is 3. The standard InChI is InChI=1S/C14H12ClN3Se/c1-9-7-11(15)6-5-10(9)8-16-12-3-2-4-13-14(12)18-19-17-13/h2-7,16H,8H2,1H3. The van der Waals surface area contributed by atoms with Crippen LogP contribution in [0.15, 0.2) is 44.3 Å². The quantitative estimate of drug-likeness (QED) is 0.697. The molecule has 0 bridgehead atoms. The minimum atomic E-state index is 0.0102. The fourth-order valence-corrected chi connectivity index (χ4v) is 3.38. The Morgan fingerprint density at radius 2 is 2.11 bits per heavy atom. The van der Waals surface area contributed by atoms with Crippen LogP contribution in [0.3, 0.4) is 0 Å². The molecule has 1 N–H and O–H groups in total. The third-order valence-corrected chi connectivity index (χ3v) is 4.43.